The molecule has 0 aromatic rings. The van der Waals surface area contributed by atoms with Crippen LogP contribution in [0.15, 0.2) is 0 Å². The van der Waals surface area contributed by atoms with Gasteiger partial charge < -0.3 is 10.1 Å². The van der Waals surface area contributed by atoms with Crippen molar-refractivity contribution >= 4 is 0 Å². The fourth-order valence-electron chi connectivity index (χ4n) is 4.17. The molecule has 1 saturated carbocycles. The number of hydrogen-bond acceptors (Lipinski definition) is 3. The number of nitrogens with zero attached hydrogens (tertiary/aromatic N) is 1. The number of hydrogen-bond donors (Lipinski definition) is 1. The molecule has 0 aromatic heterocycles. The molecule has 0 bridgehead atoms. The highest BCUT2D eigenvalue weighted by molar-refractivity contribution is 4.99. The fourth-order valence-corrected chi connectivity index (χ4v) is 4.17. The number of nitrogens with one attached hydrogen (secondary N) is 1. The maximum absolute atomic E-state index is 5.41. The van der Waals surface area contributed by atoms with Gasteiger partial charge in [0.15, 0.2) is 0 Å². The van der Waals surface area contributed by atoms with Crippen molar-refractivity contribution < 1.29 is 4.74 Å². The predicted molar refractivity (Wildman–Crippen MR) is 85.1 cm³/mol. The van der Waals surface area contributed by atoms with E-state index in [-0.39, 0.29) is 5.54 Å². The first-order valence-electron chi connectivity index (χ1n) is 8.60. The Labute approximate surface area is 125 Å². The molecule has 2 rings (SSSR count). The lowest BCUT2D eigenvalue weighted by atomic mass is 9.80. The normalized spacial score (nSPS) is 35.1. The summed E-state index contributed by atoms with van der Waals surface area (Å²) in [6.45, 7) is 10.2. The van der Waals surface area contributed by atoms with Gasteiger partial charge in [-0.3, -0.25) is 4.90 Å². The second-order valence-electron chi connectivity index (χ2n) is 7.19. The molecule has 1 aliphatic heterocycles. The van der Waals surface area contributed by atoms with Crippen LogP contribution < -0.4 is 5.32 Å². The van der Waals surface area contributed by atoms with Crippen molar-refractivity contribution in [1.82, 2.24) is 10.2 Å². The summed E-state index contributed by atoms with van der Waals surface area (Å²) in [5.74, 6) is 0.891. The van der Waals surface area contributed by atoms with E-state index in [1.807, 2.05) is 7.11 Å². The molecule has 3 heteroatoms. The highest BCUT2D eigenvalue weighted by Crippen LogP contribution is 2.32. The summed E-state index contributed by atoms with van der Waals surface area (Å²) in [6, 6.07) is 1.20. The standard InChI is InChI=1S/C17H34N2O/c1-5-17(3)13-18-16(15-9-7-6-8-10-15)11-19(17)14(2)12-20-4/h14-16,18H,5-13H2,1-4H3. The summed E-state index contributed by atoms with van der Waals surface area (Å²) in [4.78, 5) is 2.71. The van der Waals surface area contributed by atoms with Crippen LogP contribution in [0.3, 0.4) is 0 Å². The summed E-state index contributed by atoms with van der Waals surface area (Å²) >= 11 is 0. The van der Waals surface area contributed by atoms with E-state index in [1.165, 1.54) is 45.1 Å². The van der Waals surface area contributed by atoms with Gasteiger partial charge in [-0.25, -0.2) is 0 Å². The zero-order valence-corrected chi connectivity index (χ0v) is 14.0. The number of ether oxygens (including phenoxy) is 1. The van der Waals surface area contributed by atoms with Gasteiger partial charge in [0.1, 0.15) is 0 Å². The van der Waals surface area contributed by atoms with Crippen LogP contribution in [0.1, 0.15) is 59.3 Å². The van der Waals surface area contributed by atoms with Crippen molar-refractivity contribution in [2.45, 2.75) is 76.9 Å². The highest BCUT2D eigenvalue weighted by atomic mass is 16.5. The third-order valence-corrected chi connectivity index (χ3v) is 5.75. The van der Waals surface area contributed by atoms with Gasteiger partial charge in [-0.05, 0) is 39.0 Å². The Morgan fingerprint density at radius 3 is 2.60 bits per heavy atom. The van der Waals surface area contributed by atoms with Gasteiger partial charge in [-0.2, -0.15) is 0 Å². The molecule has 1 heterocycles. The van der Waals surface area contributed by atoms with Gasteiger partial charge in [0, 0.05) is 37.8 Å². The van der Waals surface area contributed by atoms with E-state index >= 15 is 0 Å². The second kappa shape index (κ2) is 7.24. The molecule has 0 amide bonds. The predicted octanol–water partition coefficient (Wildman–Crippen LogP) is 3.04. The lowest BCUT2D eigenvalue weighted by Gasteiger charge is -2.52. The van der Waals surface area contributed by atoms with Gasteiger partial charge in [0.25, 0.3) is 0 Å². The minimum atomic E-state index is 0.281. The molecule has 2 fully saturated rings. The van der Waals surface area contributed by atoms with Crippen LogP contribution in [-0.2, 0) is 4.74 Å². The average molecular weight is 282 g/mol. The zero-order valence-electron chi connectivity index (χ0n) is 14.0. The molecule has 0 aromatic carbocycles. The first-order valence-corrected chi connectivity index (χ1v) is 8.60. The van der Waals surface area contributed by atoms with Gasteiger partial charge in [-0.15, -0.1) is 0 Å². The molecule has 20 heavy (non-hydrogen) atoms. The van der Waals surface area contributed by atoms with Crippen LogP contribution in [0.25, 0.3) is 0 Å². The van der Waals surface area contributed by atoms with Gasteiger partial charge >= 0.3 is 0 Å². The van der Waals surface area contributed by atoms with Gasteiger partial charge in [0.05, 0.1) is 6.61 Å². The molecule has 1 saturated heterocycles. The Kier molecular flexibility index (Phi) is 5.88. The van der Waals surface area contributed by atoms with Crippen LogP contribution in [0, 0.1) is 5.92 Å². The molecule has 3 atom stereocenters. The summed E-state index contributed by atoms with van der Waals surface area (Å²) in [5.41, 5.74) is 0.281. The first kappa shape index (κ1) is 16.3. The lowest BCUT2D eigenvalue weighted by Crippen LogP contribution is -2.67. The van der Waals surface area contributed by atoms with Gasteiger partial charge in [-0.1, -0.05) is 26.2 Å². The largest absolute Gasteiger partial charge is 0.383 e. The highest BCUT2D eigenvalue weighted by Gasteiger charge is 2.40. The summed E-state index contributed by atoms with van der Waals surface area (Å²) in [5, 5.41) is 3.87. The fraction of sp³-hybridized carbons (Fsp3) is 1.00. The Balaban J connectivity index is 2.03. The van der Waals surface area contributed by atoms with Crippen molar-refractivity contribution in [3.63, 3.8) is 0 Å². The van der Waals surface area contributed by atoms with Crippen molar-refractivity contribution in [1.29, 1.82) is 0 Å². The summed E-state index contributed by atoms with van der Waals surface area (Å²) < 4.78 is 5.41. The maximum Gasteiger partial charge on any atom is 0.0615 e. The number of methoxy groups -OCH3 is 1. The van der Waals surface area contributed by atoms with Crippen molar-refractivity contribution in [2.75, 3.05) is 26.8 Å². The second-order valence-corrected chi connectivity index (χ2v) is 7.19. The van der Waals surface area contributed by atoms with Gasteiger partial charge in [0.2, 0.25) is 0 Å². The Morgan fingerprint density at radius 1 is 1.30 bits per heavy atom. The molecule has 0 radical (unpaired) electrons. The third kappa shape index (κ3) is 3.55. The number of piperazine rings is 1. The molecule has 3 unspecified atom stereocenters. The van der Waals surface area contributed by atoms with E-state index in [2.05, 4.69) is 31.0 Å². The molecular weight excluding hydrogens is 248 g/mol. The van der Waals surface area contributed by atoms with E-state index in [9.17, 15) is 0 Å². The topological polar surface area (TPSA) is 24.5 Å². The minimum absolute atomic E-state index is 0.281. The molecular formula is C17H34N2O. The van der Waals surface area contributed by atoms with Crippen LogP contribution in [-0.4, -0.2) is 49.3 Å². The molecule has 118 valence electrons. The summed E-state index contributed by atoms with van der Waals surface area (Å²) in [7, 11) is 1.82. The third-order valence-electron chi connectivity index (χ3n) is 5.75. The Bertz CT molecular complexity index is 291. The monoisotopic (exact) mass is 282 g/mol. The molecule has 0 spiro atoms. The van der Waals surface area contributed by atoms with Crippen molar-refractivity contribution in [3.05, 3.63) is 0 Å². The molecule has 2 aliphatic rings. The molecule has 3 nitrogen and oxygen atoms in total. The quantitative estimate of drug-likeness (QED) is 0.839. The van der Waals surface area contributed by atoms with E-state index < -0.39 is 0 Å². The van der Waals surface area contributed by atoms with E-state index in [0.29, 0.717) is 12.1 Å². The van der Waals surface area contributed by atoms with Crippen molar-refractivity contribution in [2.24, 2.45) is 5.92 Å². The minimum Gasteiger partial charge on any atom is -0.383 e. The van der Waals surface area contributed by atoms with Crippen molar-refractivity contribution in [3.8, 4) is 0 Å². The Morgan fingerprint density at radius 2 is 2.00 bits per heavy atom. The maximum atomic E-state index is 5.41. The van der Waals surface area contributed by atoms with Crippen LogP contribution in [0.2, 0.25) is 0 Å². The smallest absolute Gasteiger partial charge is 0.0615 e. The van der Waals surface area contributed by atoms with Crippen LogP contribution in [0.5, 0.6) is 0 Å². The van der Waals surface area contributed by atoms with E-state index in [4.69, 9.17) is 4.74 Å². The molecule has 1 N–H and O–H groups in total. The number of rotatable bonds is 5. The van der Waals surface area contributed by atoms with Crippen LogP contribution >= 0.6 is 0 Å². The Hall–Kier alpha value is -0.120. The molecule has 1 aliphatic carbocycles. The van der Waals surface area contributed by atoms with Crippen LogP contribution in [0.4, 0.5) is 0 Å². The SMILES string of the molecule is CCC1(C)CNC(C2CCCCC2)CN1C(C)COC. The average Bonchev–Trinajstić information content (AvgIpc) is 2.49. The van der Waals surface area contributed by atoms with E-state index in [0.717, 1.165) is 19.1 Å². The van der Waals surface area contributed by atoms with E-state index in [1.54, 1.807) is 0 Å². The lowest BCUT2D eigenvalue weighted by molar-refractivity contribution is -0.0226. The first-order chi connectivity index (χ1) is 9.60. The zero-order chi connectivity index (χ0) is 14.6. The summed E-state index contributed by atoms with van der Waals surface area (Å²) in [6.07, 6.45) is 8.36.